The first-order valence-electron chi connectivity index (χ1n) is 12.0. The van der Waals surface area contributed by atoms with Gasteiger partial charge in [0, 0.05) is 37.7 Å². The van der Waals surface area contributed by atoms with E-state index in [-0.39, 0.29) is 29.8 Å². The van der Waals surface area contributed by atoms with Crippen LogP contribution < -0.4 is 15.5 Å². The minimum atomic E-state index is -0.197. The van der Waals surface area contributed by atoms with E-state index >= 15 is 0 Å². The molecule has 6 heteroatoms. The highest BCUT2D eigenvalue weighted by Gasteiger charge is 2.33. The van der Waals surface area contributed by atoms with Crippen LogP contribution in [-0.4, -0.2) is 23.8 Å². The third-order valence-electron chi connectivity index (χ3n) is 6.35. The second-order valence-corrected chi connectivity index (χ2v) is 9.12. The number of nitrogens with one attached hydrogen (secondary N) is 2. The summed E-state index contributed by atoms with van der Waals surface area (Å²) in [5, 5.41) is 6.04. The SMILES string of the molecule is CC(=O)Nc1cccc(-c2ccc3c(c2)[C@H](NC(=O)CCc2ccccc2)C[C@H](C)N3C(C)=O)c1. The first kappa shape index (κ1) is 24.2. The van der Waals surface area contributed by atoms with Gasteiger partial charge in [0.05, 0.1) is 6.04 Å². The number of hydrogen-bond acceptors (Lipinski definition) is 3. The van der Waals surface area contributed by atoms with Gasteiger partial charge in [0.1, 0.15) is 0 Å². The molecule has 1 aliphatic heterocycles. The zero-order valence-electron chi connectivity index (χ0n) is 20.4. The number of hydrogen-bond donors (Lipinski definition) is 2. The largest absolute Gasteiger partial charge is 0.349 e. The smallest absolute Gasteiger partial charge is 0.224 e. The van der Waals surface area contributed by atoms with Gasteiger partial charge in [0.15, 0.2) is 0 Å². The summed E-state index contributed by atoms with van der Waals surface area (Å²) in [6.07, 6.45) is 1.72. The van der Waals surface area contributed by atoms with Gasteiger partial charge in [-0.1, -0.05) is 48.5 Å². The molecule has 35 heavy (non-hydrogen) atoms. The van der Waals surface area contributed by atoms with Crippen LogP contribution in [0, 0.1) is 0 Å². The lowest BCUT2D eigenvalue weighted by Crippen LogP contribution is -2.45. The van der Waals surface area contributed by atoms with Crippen LogP contribution in [0.4, 0.5) is 11.4 Å². The van der Waals surface area contributed by atoms with Crippen LogP contribution in [0.15, 0.2) is 72.8 Å². The number of benzene rings is 3. The van der Waals surface area contributed by atoms with Crippen LogP contribution >= 0.6 is 0 Å². The van der Waals surface area contributed by atoms with Crippen LogP contribution in [-0.2, 0) is 20.8 Å². The van der Waals surface area contributed by atoms with E-state index in [0.717, 1.165) is 33.6 Å². The molecule has 0 bridgehead atoms. The highest BCUT2D eigenvalue weighted by Crippen LogP contribution is 2.40. The molecule has 0 radical (unpaired) electrons. The summed E-state index contributed by atoms with van der Waals surface area (Å²) in [6, 6.07) is 23.4. The van der Waals surface area contributed by atoms with E-state index in [9.17, 15) is 14.4 Å². The molecule has 3 aromatic rings. The van der Waals surface area contributed by atoms with E-state index in [1.165, 1.54) is 6.92 Å². The van der Waals surface area contributed by atoms with Gasteiger partial charge in [-0.3, -0.25) is 14.4 Å². The first-order valence-corrected chi connectivity index (χ1v) is 12.0. The van der Waals surface area contributed by atoms with Crippen LogP contribution in [0.5, 0.6) is 0 Å². The Hall–Kier alpha value is -3.93. The molecule has 1 heterocycles. The summed E-state index contributed by atoms with van der Waals surface area (Å²) >= 11 is 0. The van der Waals surface area contributed by atoms with Crippen molar-refractivity contribution in [2.24, 2.45) is 0 Å². The second-order valence-electron chi connectivity index (χ2n) is 9.12. The number of carbonyl (C=O) groups is 3. The van der Waals surface area contributed by atoms with Crippen molar-refractivity contribution in [3.8, 4) is 11.1 Å². The van der Waals surface area contributed by atoms with E-state index in [1.54, 1.807) is 11.8 Å². The van der Waals surface area contributed by atoms with E-state index in [2.05, 4.69) is 10.6 Å². The van der Waals surface area contributed by atoms with Crippen LogP contribution in [0.25, 0.3) is 11.1 Å². The molecule has 0 aliphatic carbocycles. The third kappa shape index (κ3) is 5.77. The Morgan fingerprint density at radius 1 is 0.914 bits per heavy atom. The molecule has 0 unspecified atom stereocenters. The quantitative estimate of drug-likeness (QED) is 0.518. The molecule has 0 fully saturated rings. The van der Waals surface area contributed by atoms with Gasteiger partial charge in [-0.05, 0) is 66.3 Å². The maximum absolute atomic E-state index is 12.9. The van der Waals surface area contributed by atoms with Crippen molar-refractivity contribution in [3.63, 3.8) is 0 Å². The predicted molar refractivity (Wildman–Crippen MR) is 139 cm³/mol. The lowest BCUT2D eigenvalue weighted by molar-refractivity contribution is -0.122. The first-order chi connectivity index (χ1) is 16.8. The van der Waals surface area contributed by atoms with E-state index < -0.39 is 0 Å². The summed E-state index contributed by atoms with van der Waals surface area (Å²) in [5.41, 5.74) is 5.50. The predicted octanol–water partition coefficient (Wildman–Crippen LogP) is 5.25. The van der Waals surface area contributed by atoms with Gasteiger partial charge >= 0.3 is 0 Å². The van der Waals surface area contributed by atoms with Crippen molar-refractivity contribution in [1.29, 1.82) is 0 Å². The average molecular weight is 470 g/mol. The number of rotatable bonds is 6. The number of aryl methyl sites for hydroxylation is 1. The molecule has 2 N–H and O–H groups in total. The molecule has 6 nitrogen and oxygen atoms in total. The van der Waals surface area contributed by atoms with E-state index in [1.807, 2.05) is 79.7 Å². The third-order valence-corrected chi connectivity index (χ3v) is 6.35. The maximum Gasteiger partial charge on any atom is 0.224 e. The summed E-state index contributed by atoms with van der Waals surface area (Å²) < 4.78 is 0. The Labute approximate surface area is 206 Å². The topological polar surface area (TPSA) is 78.5 Å². The van der Waals surface area contributed by atoms with Crippen molar-refractivity contribution in [3.05, 3.63) is 83.9 Å². The Bertz CT molecular complexity index is 1240. The fourth-order valence-electron chi connectivity index (χ4n) is 4.81. The summed E-state index contributed by atoms with van der Waals surface area (Å²) in [5.74, 6) is -0.156. The van der Waals surface area contributed by atoms with Gasteiger partial charge in [0.2, 0.25) is 17.7 Å². The van der Waals surface area contributed by atoms with Crippen molar-refractivity contribution in [2.45, 2.75) is 52.1 Å². The molecule has 4 rings (SSSR count). The lowest BCUT2D eigenvalue weighted by Gasteiger charge is -2.39. The molecule has 2 atom stereocenters. The highest BCUT2D eigenvalue weighted by atomic mass is 16.2. The molecule has 3 aromatic carbocycles. The number of nitrogens with zero attached hydrogens (tertiary/aromatic N) is 1. The number of anilines is 2. The fourth-order valence-corrected chi connectivity index (χ4v) is 4.81. The summed E-state index contributed by atoms with van der Waals surface area (Å²) in [7, 11) is 0. The van der Waals surface area contributed by atoms with Crippen LogP contribution in [0.3, 0.4) is 0 Å². The molecule has 180 valence electrons. The van der Waals surface area contributed by atoms with Crippen molar-refractivity contribution in [1.82, 2.24) is 5.32 Å². The number of fused-ring (bicyclic) bond motifs is 1. The van der Waals surface area contributed by atoms with Gasteiger partial charge < -0.3 is 15.5 Å². The Kier molecular flexibility index (Phi) is 7.30. The van der Waals surface area contributed by atoms with E-state index in [4.69, 9.17) is 0 Å². The number of carbonyl (C=O) groups excluding carboxylic acids is 3. The average Bonchev–Trinajstić information content (AvgIpc) is 2.83. The Morgan fingerprint density at radius 2 is 1.66 bits per heavy atom. The zero-order chi connectivity index (χ0) is 24.9. The lowest BCUT2D eigenvalue weighted by atomic mass is 9.89. The minimum Gasteiger partial charge on any atom is -0.349 e. The van der Waals surface area contributed by atoms with Gasteiger partial charge in [-0.25, -0.2) is 0 Å². The molecule has 0 saturated carbocycles. The Morgan fingerprint density at radius 3 is 2.37 bits per heavy atom. The van der Waals surface area contributed by atoms with Crippen LogP contribution in [0.1, 0.15) is 50.8 Å². The molecular formula is C29H31N3O3. The highest BCUT2D eigenvalue weighted by molar-refractivity contribution is 5.95. The normalized spacial score (nSPS) is 16.8. The van der Waals surface area contributed by atoms with Crippen molar-refractivity contribution in [2.75, 3.05) is 10.2 Å². The van der Waals surface area contributed by atoms with Gasteiger partial charge in [-0.2, -0.15) is 0 Å². The fraction of sp³-hybridized carbons (Fsp3) is 0.276. The second kappa shape index (κ2) is 10.6. The van der Waals surface area contributed by atoms with Gasteiger partial charge in [-0.15, -0.1) is 0 Å². The van der Waals surface area contributed by atoms with Gasteiger partial charge in [0.25, 0.3) is 0 Å². The molecular weight excluding hydrogens is 438 g/mol. The standard InChI is InChI=1S/C29H31N3O3/c1-19-16-27(31-29(35)15-12-22-8-5-4-6-9-22)26-18-24(13-14-28(26)32(19)21(3)34)23-10-7-11-25(17-23)30-20(2)33/h4-11,13-14,17-19,27H,12,15-16H2,1-3H3,(H,30,33)(H,31,35)/t19-,27+/m0/s1. The molecule has 1 aliphatic rings. The minimum absolute atomic E-state index is 0.00802. The van der Waals surface area contributed by atoms with Crippen molar-refractivity contribution >= 4 is 29.1 Å². The monoisotopic (exact) mass is 469 g/mol. The molecule has 0 saturated heterocycles. The molecule has 0 aromatic heterocycles. The molecule has 3 amide bonds. The molecule has 0 spiro atoms. The Balaban J connectivity index is 1.62. The number of amides is 3. The summed E-state index contributed by atoms with van der Waals surface area (Å²) in [4.78, 5) is 38.6. The zero-order valence-corrected chi connectivity index (χ0v) is 20.4. The summed E-state index contributed by atoms with van der Waals surface area (Å²) in [6.45, 7) is 5.07. The maximum atomic E-state index is 12.9. The van der Waals surface area contributed by atoms with E-state index in [0.29, 0.717) is 19.3 Å². The van der Waals surface area contributed by atoms with Crippen LogP contribution in [0.2, 0.25) is 0 Å². The van der Waals surface area contributed by atoms with Crippen molar-refractivity contribution < 1.29 is 14.4 Å².